The molecule has 0 N–H and O–H groups in total. The lowest BCUT2D eigenvalue weighted by atomic mass is 9.34. The van der Waals surface area contributed by atoms with E-state index in [9.17, 15) is 0 Å². The zero-order valence-electron chi connectivity index (χ0n) is 46.3. The van der Waals surface area contributed by atoms with E-state index in [2.05, 4.69) is 258 Å². The lowest BCUT2D eigenvalue weighted by molar-refractivity contribution is 0.414. The summed E-state index contributed by atoms with van der Waals surface area (Å²) in [5.74, 6) is 6.89. The zero-order valence-corrected chi connectivity index (χ0v) is 46.3. The second kappa shape index (κ2) is 16.1. The first-order valence-electron chi connectivity index (χ1n) is 27.4. The van der Waals surface area contributed by atoms with Gasteiger partial charge in [-0.05, 0) is 128 Å². The Morgan fingerprint density at radius 3 is 1.39 bits per heavy atom. The molecule has 5 heterocycles. The fourth-order valence-electron chi connectivity index (χ4n) is 13.3. The Kier molecular flexibility index (Phi) is 9.90. The van der Waals surface area contributed by atoms with Gasteiger partial charge < -0.3 is 23.8 Å². The highest BCUT2D eigenvalue weighted by Crippen LogP contribution is 2.55. The van der Waals surface area contributed by atoms with Crippen molar-refractivity contribution in [3.63, 3.8) is 0 Å². The molecule has 5 aliphatic rings. The Balaban J connectivity index is 1.06. The smallest absolute Gasteiger partial charge is 0.256 e. The van der Waals surface area contributed by atoms with E-state index < -0.39 is 0 Å². The molecule has 6 heteroatoms. The molecule has 77 heavy (non-hydrogen) atoms. The van der Waals surface area contributed by atoms with Crippen molar-refractivity contribution in [2.45, 2.75) is 110 Å². The van der Waals surface area contributed by atoms with Gasteiger partial charge in [0.15, 0.2) is 0 Å². The van der Waals surface area contributed by atoms with Gasteiger partial charge in [-0.1, -0.05) is 180 Å². The first-order chi connectivity index (χ1) is 36.7. The SMILES string of the molecule is CC(C)(C)c1ccc(-c2cc(C(C)(C)C)ccc2N2c3cc4c(cc3B3c5cc6c(cc5Oc5cc(-c7ccc8c(c7)Oc7ccccc7C8(C)C)cc2c53)C(C)(C)c2ccccc2O6)Oc2ccccc2C4(C)C)cc1. The number of nitrogens with zero attached hydrogens (tertiary/aromatic N) is 1. The Morgan fingerprint density at radius 1 is 0.338 bits per heavy atom. The van der Waals surface area contributed by atoms with E-state index in [4.69, 9.17) is 18.9 Å². The normalized spacial score (nSPS) is 16.2. The van der Waals surface area contributed by atoms with E-state index in [1.54, 1.807) is 0 Å². The average Bonchev–Trinajstić information content (AvgIpc) is 3.60. The minimum absolute atomic E-state index is 0.00209. The number of hydrogen-bond donors (Lipinski definition) is 0. The maximum absolute atomic E-state index is 7.50. The molecule has 0 fully saturated rings. The number of ether oxygens (including phenoxy) is 4. The lowest BCUT2D eigenvalue weighted by Crippen LogP contribution is -2.60. The highest BCUT2D eigenvalue weighted by atomic mass is 16.5. The van der Waals surface area contributed by atoms with E-state index in [0.29, 0.717) is 0 Å². The predicted octanol–water partition coefficient (Wildman–Crippen LogP) is 17.3. The molecule has 0 atom stereocenters. The van der Waals surface area contributed by atoms with Crippen LogP contribution in [-0.4, -0.2) is 6.71 Å². The van der Waals surface area contributed by atoms with Gasteiger partial charge in [0.1, 0.15) is 46.0 Å². The van der Waals surface area contributed by atoms with Crippen LogP contribution in [0.2, 0.25) is 0 Å². The van der Waals surface area contributed by atoms with Crippen molar-refractivity contribution in [3.8, 4) is 68.2 Å². The van der Waals surface area contributed by atoms with Crippen LogP contribution in [-0.2, 0) is 27.1 Å². The zero-order chi connectivity index (χ0) is 53.3. The Bertz CT molecular complexity index is 4000. The topological polar surface area (TPSA) is 40.2 Å². The van der Waals surface area contributed by atoms with Crippen molar-refractivity contribution in [2.24, 2.45) is 0 Å². The van der Waals surface area contributed by atoms with Gasteiger partial charge >= 0.3 is 0 Å². The molecule has 9 aromatic rings. The highest BCUT2D eigenvalue weighted by molar-refractivity contribution is 6.99. The van der Waals surface area contributed by atoms with Gasteiger partial charge in [0, 0.05) is 66.6 Å². The summed E-state index contributed by atoms with van der Waals surface area (Å²) in [4.78, 5) is 2.54. The molecule has 0 aliphatic carbocycles. The lowest BCUT2D eigenvalue weighted by Gasteiger charge is -2.44. The minimum Gasteiger partial charge on any atom is -0.458 e. The molecule has 14 rings (SSSR count). The van der Waals surface area contributed by atoms with E-state index in [1.165, 1.54) is 16.7 Å². The van der Waals surface area contributed by atoms with Crippen LogP contribution in [0.25, 0.3) is 22.3 Å². The summed E-state index contributed by atoms with van der Waals surface area (Å²) in [7, 11) is 0. The van der Waals surface area contributed by atoms with Crippen molar-refractivity contribution in [3.05, 3.63) is 214 Å². The van der Waals surface area contributed by atoms with E-state index in [1.807, 2.05) is 0 Å². The summed E-state index contributed by atoms with van der Waals surface area (Å²) < 4.78 is 28.3. The van der Waals surface area contributed by atoms with Gasteiger partial charge in [0.2, 0.25) is 0 Å². The predicted molar refractivity (Wildman–Crippen MR) is 317 cm³/mol. The average molecular weight is 1010 g/mol. The number of benzene rings is 9. The van der Waals surface area contributed by atoms with Crippen LogP contribution >= 0.6 is 0 Å². The second-order valence-electron chi connectivity index (χ2n) is 25.8. The monoisotopic (exact) mass is 1010 g/mol. The molecule has 0 amide bonds. The van der Waals surface area contributed by atoms with Crippen molar-refractivity contribution in [1.82, 2.24) is 0 Å². The van der Waals surface area contributed by atoms with Crippen LogP contribution in [0.5, 0.6) is 46.0 Å². The quantitative estimate of drug-likeness (QED) is 0.165. The van der Waals surface area contributed by atoms with Crippen LogP contribution in [0.15, 0.2) is 170 Å². The maximum Gasteiger partial charge on any atom is 0.256 e. The van der Waals surface area contributed by atoms with Crippen LogP contribution in [0, 0.1) is 0 Å². The van der Waals surface area contributed by atoms with Crippen molar-refractivity contribution < 1.29 is 18.9 Å². The summed E-state index contributed by atoms with van der Waals surface area (Å²) in [5, 5.41) is 0. The van der Waals surface area contributed by atoms with Gasteiger partial charge in [-0.3, -0.25) is 0 Å². The summed E-state index contributed by atoms with van der Waals surface area (Å²) >= 11 is 0. The van der Waals surface area contributed by atoms with E-state index in [-0.39, 0.29) is 33.8 Å². The molecule has 5 nitrogen and oxygen atoms in total. The first-order valence-corrected chi connectivity index (χ1v) is 27.4. The fraction of sp³-hybridized carbons (Fsp3) is 0.239. The summed E-state index contributed by atoms with van der Waals surface area (Å²) in [5.41, 5.74) is 19.3. The molecule has 0 saturated carbocycles. The molecule has 5 aliphatic heterocycles. The number of rotatable bonds is 3. The van der Waals surface area contributed by atoms with Gasteiger partial charge in [0.25, 0.3) is 6.71 Å². The van der Waals surface area contributed by atoms with E-state index in [0.717, 1.165) is 130 Å². The van der Waals surface area contributed by atoms with E-state index >= 15 is 0 Å². The molecule has 0 unspecified atom stereocenters. The Labute approximate surface area is 454 Å². The minimum atomic E-state index is -0.380. The molecule has 0 bridgehead atoms. The van der Waals surface area contributed by atoms with Gasteiger partial charge in [-0.15, -0.1) is 0 Å². The Hall–Kier alpha value is -7.96. The summed E-state index contributed by atoms with van der Waals surface area (Å²) in [6.07, 6.45) is 0. The molecule has 380 valence electrons. The van der Waals surface area contributed by atoms with Gasteiger partial charge in [0.05, 0.1) is 5.69 Å². The molecule has 0 saturated heterocycles. The highest BCUT2D eigenvalue weighted by Gasteiger charge is 2.47. The largest absolute Gasteiger partial charge is 0.458 e. The molecular weight excluding hydrogens is 942 g/mol. The Morgan fingerprint density at radius 2 is 0.805 bits per heavy atom. The van der Waals surface area contributed by atoms with Crippen molar-refractivity contribution >= 4 is 40.2 Å². The van der Waals surface area contributed by atoms with Crippen LogP contribution in [0.3, 0.4) is 0 Å². The summed E-state index contributed by atoms with van der Waals surface area (Å²) in [6.45, 7) is 27.4. The molecular formula is C71H64BNO4. The third kappa shape index (κ3) is 7.06. The first kappa shape index (κ1) is 47.5. The third-order valence-corrected chi connectivity index (χ3v) is 17.8. The number of fused-ring (bicyclic) bond motifs is 10. The van der Waals surface area contributed by atoms with Gasteiger partial charge in [-0.25, -0.2) is 0 Å². The van der Waals surface area contributed by atoms with Crippen LogP contribution in [0.1, 0.15) is 128 Å². The maximum atomic E-state index is 7.50. The van der Waals surface area contributed by atoms with Crippen molar-refractivity contribution in [1.29, 1.82) is 0 Å². The molecule has 0 aromatic heterocycles. The molecule has 0 radical (unpaired) electrons. The number of anilines is 3. The summed E-state index contributed by atoms with van der Waals surface area (Å²) in [6, 6.07) is 62.5. The third-order valence-electron chi connectivity index (χ3n) is 17.8. The standard InChI is InChI=1S/C71H64BNO4/c1-67(2,3)44-28-25-41(26-29-44)46-36-45(68(4,5)6)30-32-55(46)73-56-37-51-62(75-59-23-17-14-20-48(59)70(51,9)10)39-53(56)72-54-40-63-52(71(11,12)49-21-15-18-24-60(49)76-63)38-64(54)77-65-35-43(33-57(73)66(65)72)42-27-31-50-61(34-42)74-58-22-16-13-19-47(58)69(50,7)8/h13-40H,1-12H3. The van der Waals surface area contributed by atoms with Crippen molar-refractivity contribution in [2.75, 3.05) is 4.90 Å². The second-order valence-corrected chi connectivity index (χ2v) is 25.8. The fourth-order valence-corrected chi connectivity index (χ4v) is 13.3. The molecule has 9 aromatic carbocycles. The van der Waals surface area contributed by atoms with Crippen LogP contribution in [0.4, 0.5) is 17.1 Å². The number of para-hydroxylation sites is 3. The number of hydrogen-bond acceptors (Lipinski definition) is 5. The molecule has 0 spiro atoms. The van der Waals surface area contributed by atoms with Gasteiger partial charge in [-0.2, -0.15) is 0 Å². The van der Waals surface area contributed by atoms with Crippen LogP contribution < -0.4 is 40.2 Å².